The van der Waals surface area contributed by atoms with Crippen LogP contribution in [0, 0.1) is 18.3 Å². The summed E-state index contributed by atoms with van der Waals surface area (Å²) in [5, 5.41) is 11.2. The third-order valence-corrected chi connectivity index (χ3v) is 4.02. The first-order chi connectivity index (χ1) is 8.63. The number of halogens is 1. The molecule has 0 aliphatic carbocycles. The summed E-state index contributed by atoms with van der Waals surface area (Å²) in [5.74, 6) is 0. The molecular weight excluding hydrogens is 308 g/mol. The molecule has 1 aromatic carbocycles. The lowest BCUT2D eigenvalue weighted by atomic mass is 10.0. The maximum Gasteiger partial charge on any atom is 0.103 e. The molecule has 1 aromatic heterocycles. The molecule has 0 bridgehead atoms. The van der Waals surface area contributed by atoms with Gasteiger partial charge in [0, 0.05) is 14.9 Å². The summed E-state index contributed by atoms with van der Waals surface area (Å²) in [6.45, 7) is 1.98. The number of allylic oxidation sites excluding steroid dienone is 1. The van der Waals surface area contributed by atoms with Crippen molar-refractivity contribution < 1.29 is 0 Å². The van der Waals surface area contributed by atoms with E-state index in [-0.39, 0.29) is 0 Å². The van der Waals surface area contributed by atoms with E-state index in [1.165, 1.54) is 11.3 Å². The predicted molar refractivity (Wildman–Crippen MR) is 79.8 cm³/mol. The Labute approximate surface area is 118 Å². The van der Waals surface area contributed by atoms with Crippen LogP contribution in [0.2, 0.25) is 0 Å². The quantitative estimate of drug-likeness (QED) is 0.845. The van der Waals surface area contributed by atoms with Crippen LogP contribution < -0.4 is 5.73 Å². The highest BCUT2D eigenvalue weighted by Crippen LogP contribution is 2.28. The van der Waals surface area contributed by atoms with E-state index in [2.05, 4.69) is 22.0 Å². The molecule has 0 radical (unpaired) electrons. The minimum absolute atomic E-state index is 0.527. The van der Waals surface area contributed by atoms with Gasteiger partial charge in [-0.3, -0.25) is 0 Å². The van der Waals surface area contributed by atoms with Crippen LogP contribution in [0.25, 0.3) is 11.3 Å². The maximum absolute atomic E-state index is 9.30. The summed E-state index contributed by atoms with van der Waals surface area (Å²) in [4.78, 5) is 0.898. The van der Waals surface area contributed by atoms with E-state index in [0.717, 1.165) is 20.5 Å². The highest BCUT2D eigenvalue weighted by Gasteiger charge is 2.11. The number of hydrogen-bond acceptors (Lipinski definition) is 3. The maximum atomic E-state index is 9.30. The first-order valence-corrected chi connectivity index (χ1v) is 7.01. The van der Waals surface area contributed by atoms with Crippen LogP contribution in [0.15, 0.2) is 40.2 Å². The van der Waals surface area contributed by atoms with Crippen molar-refractivity contribution in [1.29, 1.82) is 5.26 Å². The Morgan fingerprint density at radius 2 is 2.17 bits per heavy atom. The van der Waals surface area contributed by atoms with Gasteiger partial charge in [-0.05, 0) is 36.1 Å². The zero-order chi connectivity index (χ0) is 13.1. The lowest BCUT2D eigenvalue weighted by Crippen LogP contribution is -2.02. The summed E-state index contributed by atoms with van der Waals surface area (Å²) >= 11 is 4.94. The van der Waals surface area contributed by atoms with Gasteiger partial charge in [-0.25, -0.2) is 0 Å². The number of nitrogens with zero attached hydrogens (tertiary/aromatic N) is 1. The number of aryl methyl sites for hydroxylation is 1. The molecule has 18 heavy (non-hydrogen) atoms. The average molecular weight is 319 g/mol. The summed E-state index contributed by atoms with van der Waals surface area (Å²) < 4.78 is 0.953. The topological polar surface area (TPSA) is 49.8 Å². The fraction of sp³-hybridized carbons (Fsp3) is 0.0714. The van der Waals surface area contributed by atoms with Gasteiger partial charge in [0.15, 0.2) is 0 Å². The fourth-order valence-corrected chi connectivity index (χ4v) is 2.78. The zero-order valence-electron chi connectivity index (χ0n) is 9.77. The minimum Gasteiger partial charge on any atom is -0.397 e. The summed E-state index contributed by atoms with van der Waals surface area (Å²) in [7, 11) is 0. The Kier molecular flexibility index (Phi) is 3.85. The Hall–Kier alpha value is -1.57. The average Bonchev–Trinajstić information content (AvgIpc) is 2.87. The standard InChI is InChI=1S/C14H11BrN2S/c1-9-4-5-10(15)7-11(9)14(17)12(8-16)13-3-2-6-18-13/h2-7H,17H2,1H3/b14-12+. The van der Waals surface area contributed by atoms with Crippen molar-refractivity contribution in [2.75, 3.05) is 0 Å². The van der Waals surface area contributed by atoms with E-state index in [1.54, 1.807) is 0 Å². The van der Waals surface area contributed by atoms with Crippen molar-refractivity contribution >= 4 is 38.5 Å². The van der Waals surface area contributed by atoms with E-state index in [1.807, 2.05) is 42.6 Å². The molecule has 2 rings (SSSR count). The molecule has 0 spiro atoms. The Morgan fingerprint density at radius 1 is 1.39 bits per heavy atom. The largest absolute Gasteiger partial charge is 0.397 e. The molecule has 2 aromatic rings. The van der Waals surface area contributed by atoms with Gasteiger partial charge in [-0.15, -0.1) is 11.3 Å². The lowest BCUT2D eigenvalue weighted by Gasteiger charge is -2.08. The molecule has 0 aliphatic heterocycles. The van der Waals surface area contributed by atoms with Crippen molar-refractivity contribution in [3.63, 3.8) is 0 Å². The van der Waals surface area contributed by atoms with E-state index in [4.69, 9.17) is 5.73 Å². The van der Waals surface area contributed by atoms with Crippen molar-refractivity contribution in [3.8, 4) is 6.07 Å². The van der Waals surface area contributed by atoms with E-state index in [0.29, 0.717) is 11.3 Å². The van der Waals surface area contributed by atoms with Gasteiger partial charge in [-0.1, -0.05) is 28.1 Å². The molecule has 0 aliphatic rings. The highest BCUT2D eigenvalue weighted by molar-refractivity contribution is 9.10. The monoisotopic (exact) mass is 318 g/mol. The predicted octanol–water partition coefficient (Wildman–Crippen LogP) is 4.17. The van der Waals surface area contributed by atoms with Gasteiger partial charge in [0.2, 0.25) is 0 Å². The van der Waals surface area contributed by atoms with Crippen LogP contribution in [0.1, 0.15) is 16.0 Å². The van der Waals surface area contributed by atoms with Crippen LogP contribution in [0.3, 0.4) is 0 Å². The second-order valence-electron chi connectivity index (χ2n) is 3.84. The highest BCUT2D eigenvalue weighted by atomic mass is 79.9. The molecule has 4 heteroatoms. The number of nitriles is 1. The third kappa shape index (κ3) is 2.47. The van der Waals surface area contributed by atoms with Crippen LogP contribution in [0.5, 0.6) is 0 Å². The molecule has 90 valence electrons. The molecule has 0 unspecified atom stereocenters. The smallest absolute Gasteiger partial charge is 0.103 e. The zero-order valence-corrected chi connectivity index (χ0v) is 12.2. The van der Waals surface area contributed by atoms with Crippen LogP contribution >= 0.6 is 27.3 Å². The molecule has 0 saturated heterocycles. The number of benzene rings is 1. The molecule has 0 saturated carbocycles. The van der Waals surface area contributed by atoms with Crippen molar-refractivity contribution in [2.24, 2.45) is 5.73 Å². The van der Waals surface area contributed by atoms with Gasteiger partial charge in [-0.2, -0.15) is 5.26 Å². The Bertz CT molecular complexity index is 636. The first-order valence-electron chi connectivity index (χ1n) is 5.33. The lowest BCUT2D eigenvalue weighted by molar-refractivity contribution is 1.38. The summed E-state index contributed by atoms with van der Waals surface area (Å²) in [6.07, 6.45) is 0. The first kappa shape index (κ1) is 12.9. The SMILES string of the molecule is Cc1ccc(Br)cc1/C(N)=C(/C#N)c1cccs1. The van der Waals surface area contributed by atoms with Crippen LogP contribution in [-0.4, -0.2) is 0 Å². The van der Waals surface area contributed by atoms with E-state index < -0.39 is 0 Å². The number of rotatable bonds is 2. The molecular formula is C14H11BrN2S. The molecule has 0 atom stereocenters. The molecule has 2 nitrogen and oxygen atoms in total. The van der Waals surface area contributed by atoms with Crippen molar-refractivity contribution in [1.82, 2.24) is 0 Å². The fourth-order valence-electron chi connectivity index (χ4n) is 1.69. The normalized spacial score (nSPS) is 11.8. The number of thiophene rings is 1. The van der Waals surface area contributed by atoms with Gasteiger partial charge >= 0.3 is 0 Å². The van der Waals surface area contributed by atoms with Crippen molar-refractivity contribution in [3.05, 3.63) is 56.2 Å². The summed E-state index contributed by atoms with van der Waals surface area (Å²) in [6, 6.07) is 11.9. The van der Waals surface area contributed by atoms with Gasteiger partial charge in [0.25, 0.3) is 0 Å². The second-order valence-corrected chi connectivity index (χ2v) is 5.70. The Morgan fingerprint density at radius 3 is 2.78 bits per heavy atom. The molecule has 2 N–H and O–H groups in total. The molecule has 0 amide bonds. The van der Waals surface area contributed by atoms with E-state index in [9.17, 15) is 5.26 Å². The van der Waals surface area contributed by atoms with Gasteiger partial charge in [0.1, 0.15) is 6.07 Å². The number of nitrogens with two attached hydrogens (primary N) is 1. The van der Waals surface area contributed by atoms with Crippen LogP contribution in [0.4, 0.5) is 0 Å². The third-order valence-electron chi connectivity index (χ3n) is 2.64. The van der Waals surface area contributed by atoms with Crippen LogP contribution in [-0.2, 0) is 0 Å². The number of hydrogen-bond donors (Lipinski definition) is 1. The Balaban J connectivity index is 2.62. The van der Waals surface area contributed by atoms with Gasteiger partial charge in [0.05, 0.1) is 11.3 Å². The summed E-state index contributed by atoms with van der Waals surface area (Å²) in [5.41, 5.74) is 9.17. The van der Waals surface area contributed by atoms with Gasteiger partial charge < -0.3 is 5.73 Å². The van der Waals surface area contributed by atoms with E-state index >= 15 is 0 Å². The van der Waals surface area contributed by atoms with Crippen molar-refractivity contribution in [2.45, 2.75) is 6.92 Å². The molecule has 0 fully saturated rings. The molecule has 1 heterocycles. The minimum atomic E-state index is 0.527. The second kappa shape index (κ2) is 5.38.